The first-order valence-electron chi connectivity index (χ1n) is 7.31. The summed E-state index contributed by atoms with van der Waals surface area (Å²) in [6.45, 7) is 0. The molecule has 2 heterocycles. The second-order valence-corrected chi connectivity index (χ2v) is 9.39. The van der Waals surface area contributed by atoms with Crippen LogP contribution < -0.4 is 0 Å². The van der Waals surface area contributed by atoms with Crippen molar-refractivity contribution >= 4 is 70.9 Å². The lowest BCUT2D eigenvalue weighted by Gasteiger charge is -2.00. The van der Waals surface area contributed by atoms with Crippen LogP contribution in [0.4, 0.5) is 0 Å². The molecule has 12 heteroatoms. The van der Waals surface area contributed by atoms with E-state index >= 15 is 0 Å². The summed E-state index contributed by atoms with van der Waals surface area (Å²) >= 11 is 4.28. The zero-order chi connectivity index (χ0) is 20.8. The van der Waals surface area contributed by atoms with E-state index in [4.69, 9.17) is 18.9 Å². The Balaban J connectivity index is 2.21. The molecule has 0 radical (unpaired) electrons. The number of ether oxygens (including phenoxy) is 4. The number of allylic oxidation sites excluding steroid dienone is 2. The quantitative estimate of drug-likeness (QED) is 0.443. The predicted octanol–water partition coefficient (Wildman–Crippen LogP) is 2.74. The monoisotopic (exact) mass is 462 g/mol. The number of hydrogen-bond donors (Lipinski definition) is 0. The topological polar surface area (TPSA) is 105 Å². The summed E-state index contributed by atoms with van der Waals surface area (Å²) in [5, 5.41) is 0. The third kappa shape index (κ3) is 4.99. The molecule has 0 spiro atoms. The fourth-order valence-corrected chi connectivity index (χ4v) is 6.36. The molecule has 0 aromatic heterocycles. The van der Waals surface area contributed by atoms with Crippen molar-refractivity contribution < 1.29 is 38.1 Å². The van der Waals surface area contributed by atoms with Gasteiger partial charge in [0.05, 0.1) is 36.9 Å². The van der Waals surface area contributed by atoms with Gasteiger partial charge in [0.1, 0.15) is 19.6 Å². The van der Waals surface area contributed by atoms with Gasteiger partial charge in [0, 0.05) is 0 Å². The number of carbonyl (C=O) groups excluding carboxylic acids is 4. The second kappa shape index (κ2) is 10.1. The van der Waals surface area contributed by atoms with Crippen molar-refractivity contribution in [2.45, 2.75) is 0 Å². The molecule has 2 rings (SSSR count). The molecule has 150 valence electrons. The minimum atomic E-state index is -0.638. The van der Waals surface area contributed by atoms with Crippen LogP contribution in [-0.4, -0.2) is 52.3 Å². The number of methoxy groups -OCH3 is 4. The second-order valence-electron chi connectivity index (χ2n) is 4.66. The zero-order valence-electron chi connectivity index (χ0n) is 15.1. The van der Waals surface area contributed by atoms with Crippen molar-refractivity contribution in [3.05, 3.63) is 40.2 Å². The van der Waals surface area contributed by atoms with Gasteiger partial charge in [-0.2, -0.15) is 0 Å². The summed E-state index contributed by atoms with van der Waals surface area (Å²) in [5.41, 5.74) is 0. The van der Waals surface area contributed by atoms with Crippen LogP contribution in [0.25, 0.3) is 0 Å². The third-order valence-electron chi connectivity index (χ3n) is 3.06. The summed E-state index contributed by atoms with van der Waals surface area (Å²) in [4.78, 5) is 48.0. The number of esters is 4. The Hall–Kier alpha value is -1.76. The van der Waals surface area contributed by atoms with Gasteiger partial charge >= 0.3 is 23.9 Å². The van der Waals surface area contributed by atoms with Crippen molar-refractivity contribution in [3.8, 4) is 0 Å². The standard InChI is InChI=1S/C16H14O8S4/c1-21-13(17)9-10(14(18)22-2)26-7(25-9)5-6-8-27-11(15(19)23-3)12(28-8)16(20)24-4/h5-6H,1-4H3. The molecule has 0 aromatic rings. The molecule has 0 saturated carbocycles. The smallest absolute Gasteiger partial charge is 0.346 e. The number of hydrogen-bond acceptors (Lipinski definition) is 12. The maximum Gasteiger partial charge on any atom is 0.346 e. The molecule has 0 atom stereocenters. The van der Waals surface area contributed by atoms with Gasteiger partial charge in [0.25, 0.3) is 0 Å². The Bertz CT molecular complexity index is 723. The summed E-state index contributed by atoms with van der Waals surface area (Å²) in [6.07, 6.45) is 3.33. The minimum absolute atomic E-state index is 0.138. The highest BCUT2D eigenvalue weighted by atomic mass is 32.2. The van der Waals surface area contributed by atoms with Crippen LogP contribution in [-0.2, 0) is 38.1 Å². The molecule has 0 aromatic carbocycles. The van der Waals surface area contributed by atoms with Crippen LogP contribution in [0.15, 0.2) is 40.2 Å². The van der Waals surface area contributed by atoms with Gasteiger partial charge in [-0.15, -0.1) is 0 Å². The average Bonchev–Trinajstić information content (AvgIpc) is 3.34. The van der Waals surface area contributed by atoms with Gasteiger partial charge in [-0.25, -0.2) is 19.2 Å². The van der Waals surface area contributed by atoms with Crippen molar-refractivity contribution in [3.63, 3.8) is 0 Å². The molecule has 0 amide bonds. The van der Waals surface area contributed by atoms with Gasteiger partial charge in [0.15, 0.2) is 0 Å². The molecular weight excluding hydrogens is 448 g/mol. The Labute approximate surface area is 177 Å². The molecule has 0 fully saturated rings. The predicted molar refractivity (Wildman–Crippen MR) is 109 cm³/mol. The van der Waals surface area contributed by atoms with Gasteiger partial charge in [-0.05, 0) is 12.2 Å². The van der Waals surface area contributed by atoms with Crippen LogP contribution >= 0.6 is 47.0 Å². The number of thioether (sulfide) groups is 4. The minimum Gasteiger partial charge on any atom is -0.465 e. The average molecular weight is 463 g/mol. The lowest BCUT2D eigenvalue weighted by Crippen LogP contribution is -2.08. The fourth-order valence-electron chi connectivity index (χ4n) is 1.81. The Morgan fingerprint density at radius 3 is 0.929 bits per heavy atom. The van der Waals surface area contributed by atoms with E-state index in [0.717, 1.165) is 47.0 Å². The first-order chi connectivity index (χ1) is 13.4. The maximum atomic E-state index is 11.9. The van der Waals surface area contributed by atoms with E-state index in [-0.39, 0.29) is 19.6 Å². The van der Waals surface area contributed by atoms with Crippen molar-refractivity contribution in [1.29, 1.82) is 0 Å². The summed E-state index contributed by atoms with van der Waals surface area (Å²) in [6, 6.07) is 0. The Morgan fingerprint density at radius 1 is 0.536 bits per heavy atom. The SMILES string of the molecule is COC(=O)C1=C(C(=O)OC)SC(=CC=C2SC(C(=O)OC)=C(C(=O)OC)S2)S1. The Morgan fingerprint density at radius 2 is 0.750 bits per heavy atom. The molecule has 2 aliphatic rings. The third-order valence-corrected chi connectivity index (χ3v) is 7.97. The zero-order valence-corrected chi connectivity index (χ0v) is 18.3. The van der Waals surface area contributed by atoms with Gasteiger partial charge in [0.2, 0.25) is 0 Å². The molecule has 8 nitrogen and oxygen atoms in total. The summed E-state index contributed by atoms with van der Waals surface area (Å²) in [7, 11) is 4.89. The van der Waals surface area contributed by atoms with E-state index in [1.807, 2.05) is 0 Å². The highest BCUT2D eigenvalue weighted by Crippen LogP contribution is 2.52. The van der Waals surface area contributed by atoms with Crippen molar-refractivity contribution in [1.82, 2.24) is 0 Å². The van der Waals surface area contributed by atoms with E-state index in [1.54, 1.807) is 12.2 Å². The lowest BCUT2D eigenvalue weighted by molar-refractivity contribution is -0.138. The Kier molecular flexibility index (Phi) is 8.16. The molecule has 0 saturated heterocycles. The number of carbonyl (C=O) groups is 4. The van der Waals surface area contributed by atoms with E-state index in [0.29, 0.717) is 8.47 Å². The maximum absolute atomic E-state index is 11.9. The molecule has 0 N–H and O–H groups in total. The lowest BCUT2D eigenvalue weighted by atomic mass is 10.5. The van der Waals surface area contributed by atoms with E-state index in [1.165, 1.54) is 28.4 Å². The molecular formula is C16H14O8S4. The van der Waals surface area contributed by atoms with Crippen LogP contribution in [0, 0.1) is 0 Å². The van der Waals surface area contributed by atoms with Gasteiger partial charge < -0.3 is 18.9 Å². The summed E-state index contributed by atoms with van der Waals surface area (Å²) < 4.78 is 20.0. The summed E-state index contributed by atoms with van der Waals surface area (Å²) in [5.74, 6) is -2.55. The van der Waals surface area contributed by atoms with Crippen LogP contribution in [0.5, 0.6) is 0 Å². The molecule has 0 aliphatic carbocycles. The molecule has 28 heavy (non-hydrogen) atoms. The molecule has 0 bridgehead atoms. The normalized spacial score (nSPS) is 16.1. The van der Waals surface area contributed by atoms with Crippen molar-refractivity contribution in [2.75, 3.05) is 28.4 Å². The fraction of sp³-hybridized carbons (Fsp3) is 0.250. The highest BCUT2D eigenvalue weighted by Gasteiger charge is 2.33. The molecule has 0 unspecified atom stereocenters. The van der Waals surface area contributed by atoms with Crippen LogP contribution in [0.2, 0.25) is 0 Å². The first kappa shape index (κ1) is 22.5. The molecule has 2 aliphatic heterocycles. The van der Waals surface area contributed by atoms with Gasteiger partial charge in [-0.3, -0.25) is 0 Å². The van der Waals surface area contributed by atoms with Crippen LogP contribution in [0.1, 0.15) is 0 Å². The van der Waals surface area contributed by atoms with E-state index in [2.05, 4.69) is 0 Å². The van der Waals surface area contributed by atoms with E-state index < -0.39 is 23.9 Å². The first-order valence-corrected chi connectivity index (χ1v) is 10.6. The highest BCUT2D eigenvalue weighted by molar-refractivity contribution is 8.30. The van der Waals surface area contributed by atoms with E-state index in [9.17, 15) is 19.2 Å². The largest absolute Gasteiger partial charge is 0.465 e. The van der Waals surface area contributed by atoms with Crippen LogP contribution in [0.3, 0.4) is 0 Å². The van der Waals surface area contributed by atoms with Crippen molar-refractivity contribution in [2.24, 2.45) is 0 Å². The van der Waals surface area contributed by atoms with Gasteiger partial charge in [-0.1, -0.05) is 47.0 Å². The number of rotatable bonds is 5.